The number of benzene rings is 2. The molecule has 0 amide bonds. The zero-order valence-electron chi connectivity index (χ0n) is 14.5. The van der Waals surface area contributed by atoms with Gasteiger partial charge < -0.3 is 24.4 Å². The SMILES string of the molecule is Cn1cnc([N+](=O)[O-])c1Oc1ccc2oc(-c3ccccc3)c(C(=O)O)c2c1. The van der Waals surface area contributed by atoms with Crippen molar-refractivity contribution >= 4 is 22.8 Å². The molecule has 0 bridgehead atoms. The third-order valence-electron chi connectivity index (χ3n) is 4.16. The summed E-state index contributed by atoms with van der Waals surface area (Å²) in [6.45, 7) is 0. The molecule has 0 fully saturated rings. The maximum Gasteiger partial charge on any atom is 0.427 e. The number of aryl methyl sites for hydroxylation is 1. The minimum atomic E-state index is -1.15. The number of ether oxygens (including phenoxy) is 1. The fraction of sp³-hybridized carbons (Fsp3) is 0.0526. The van der Waals surface area contributed by atoms with Crippen LogP contribution in [0.25, 0.3) is 22.3 Å². The zero-order chi connectivity index (χ0) is 19.8. The van der Waals surface area contributed by atoms with Crippen molar-refractivity contribution in [2.24, 2.45) is 7.05 Å². The second-order valence-corrected chi connectivity index (χ2v) is 5.98. The van der Waals surface area contributed by atoms with Crippen LogP contribution in [0.2, 0.25) is 0 Å². The first-order valence-corrected chi connectivity index (χ1v) is 8.14. The van der Waals surface area contributed by atoms with E-state index in [9.17, 15) is 20.0 Å². The van der Waals surface area contributed by atoms with Crippen molar-refractivity contribution in [2.45, 2.75) is 0 Å². The van der Waals surface area contributed by atoms with Crippen LogP contribution in [0.5, 0.6) is 11.6 Å². The number of nitrogens with zero attached hydrogens (tertiary/aromatic N) is 3. The van der Waals surface area contributed by atoms with Crippen LogP contribution in [0.1, 0.15) is 10.4 Å². The molecule has 140 valence electrons. The lowest BCUT2D eigenvalue weighted by atomic mass is 10.1. The average molecular weight is 379 g/mol. The van der Waals surface area contributed by atoms with Gasteiger partial charge in [0.05, 0.1) is 0 Å². The molecular formula is C19H13N3O6. The lowest BCUT2D eigenvalue weighted by molar-refractivity contribution is -0.390. The molecule has 0 saturated carbocycles. The summed E-state index contributed by atoms with van der Waals surface area (Å²) >= 11 is 0. The van der Waals surface area contributed by atoms with Crippen LogP contribution in [0, 0.1) is 10.1 Å². The molecule has 2 heterocycles. The number of aromatic nitrogens is 2. The van der Waals surface area contributed by atoms with Crippen LogP contribution in [0.3, 0.4) is 0 Å². The normalized spacial score (nSPS) is 10.9. The summed E-state index contributed by atoms with van der Waals surface area (Å²) in [7, 11) is 1.56. The van der Waals surface area contributed by atoms with Gasteiger partial charge in [0, 0.05) is 18.0 Å². The fourth-order valence-electron chi connectivity index (χ4n) is 2.91. The minimum Gasteiger partial charge on any atom is -0.478 e. The maximum atomic E-state index is 11.9. The van der Waals surface area contributed by atoms with Crippen molar-refractivity contribution < 1.29 is 24.0 Å². The quantitative estimate of drug-likeness (QED) is 0.407. The Hall–Kier alpha value is -4.14. The van der Waals surface area contributed by atoms with E-state index in [1.54, 1.807) is 43.4 Å². The van der Waals surface area contributed by atoms with E-state index in [0.29, 0.717) is 16.5 Å². The van der Waals surface area contributed by atoms with Crippen LogP contribution in [-0.2, 0) is 7.05 Å². The second kappa shape index (κ2) is 6.54. The van der Waals surface area contributed by atoms with E-state index in [-0.39, 0.29) is 23.0 Å². The third-order valence-corrected chi connectivity index (χ3v) is 4.16. The Bertz CT molecular complexity index is 1210. The molecule has 9 nitrogen and oxygen atoms in total. The van der Waals surface area contributed by atoms with Crippen molar-refractivity contribution in [3.63, 3.8) is 0 Å². The number of rotatable bonds is 5. The number of aromatic carboxylic acids is 1. The molecule has 0 atom stereocenters. The number of hydrogen-bond donors (Lipinski definition) is 1. The summed E-state index contributed by atoms with van der Waals surface area (Å²) in [6, 6.07) is 13.5. The number of fused-ring (bicyclic) bond motifs is 1. The van der Waals surface area contributed by atoms with Gasteiger partial charge in [0.15, 0.2) is 0 Å². The Kier molecular flexibility index (Phi) is 4.04. The summed E-state index contributed by atoms with van der Waals surface area (Å²) in [5, 5.41) is 21.1. The van der Waals surface area contributed by atoms with Crippen LogP contribution in [0.15, 0.2) is 59.3 Å². The average Bonchev–Trinajstić information content (AvgIpc) is 3.23. The highest BCUT2D eigenvalue weighted by atomic mass is 16.6. The van der Waals surface area contributed by atoms with Crippen LogP contribution in [-0.4, -0.2) is 25.6 Å². The van der Waals surface area contributed by atoms with Crippen molar-refractivity contribution in [2.75, 3.05) is 0 Å². The monoisotopic (exact) mass is 379 g/mol. The third kappa shape index (κ3) is 2.84. The number of furan rings is 1. The molecule has 0 aliphatic rings. The molecule has 4 rings (SSSR count). The van der Waals surface area contributed by atoms with Gasteiger partial charge in [0.2, 0.25) is 6.33 Å². The van der Waals surface area contributed by atoms with E-state index in [1.165, 1.54) is 17.0 Å². The molecule has 0 radical (unpaired) electrons. The first-order chi connectivity index (χ1) is 13.5. The van der Waals surface area contributed by atoms with Crippen molar-refractivity contribution in [1.29, 1.82) is 0 Å². The van der Waals surface area contributed by atoms with Crippen LogP contribution < -0.4 is 4.74 Å². The molecule has 0 spiro atoms. The van der Waals surface area contributed by atoms with Gasteiger partial charge in [0.25, 0.3) is 0 Å². The van der Waals surface area contributed by atoms with E-state index in [1.807, 2.05) is 6.07 Å². The second-order valence-electron chi connectivity index (χ2n) is 5.98. The van der Waals surface area contributed by atoms with Crippen LogP contribution in [0.4, 0.5) is 5.82 Å². The number of nitro groups is 1. The number of carboxylic acids is 1. The summed E-state index contributed by atoms with van der Waals surface area (Å²) in [4.78, 5) is 26.0. The van der Waals surface area contributed by atoms with Crippen molar-refractivity contribution in [1.82, 2.24) is 9.55 Å². The zero-order valence-corrected chi connectivity index (χ0v) is 14.5. The lowest BCUT2D eigenvalue weighted by Gasteiger charge is -2.05. The molecule has 0 aliphatic heterocycles. The van der Waals surface area contributed by atoms with E-state index in [4.69, 9.17) is 9.15 Å². The topological polar surface area (TPSA) is 121 Å². The van der Waals surface area contributed by atoms with Gasteiger partial charge in [-0.3, -0.25) is 4.57 Å². The molecule has 2 aromatic carbocycles. The molecule has 2 aromatic heterocycles. The fourth-order valence-corrected chi connectivity index (χ4v) is 2.91. The van der Waals surface area contributed by atoms with Gasteiger partial charge in [-0.05, 0) is 28.1 Å². The highest BCUT2D eigenvalue weighted by Gasteiger charge is 2.25. The summed E-state index contributed by atoms with van der Waals surface area (Å²) in [5.74, 6) is -1.19. The van der Waals surface area contributed by atoms with Gasteiger partial charge in [-0.15, -0.1) is 0 Å². The predicted molar refractivity (Wildman–Crippen MR) is 98.5 cm³/mol. The molecule has 1 N–H and O–H groups in total. The van der Waals surface area contributed by atoms with Crippen molar-refractivity contribution in [3.05, 3.63) is 70.5 Å². The van der Waals surface area contributed by atoms with E-state index in [0.717, 1.165) is 0 Å². The van der Waals surface area contributed by atoms with Gasteiger partial charge in [-0.25, -0.2) is 4.79 Å². The largest absolute Gasteiger partial charge is 0.478 e. The first kappa shape index (κ1) is 17.3. The molecule has 4 aromatic rings. The smallest absolute Gasteiger partial charge is 0.427 e. The van der Waals surface area contributed by atoms with Gasteiger partial charge >= 0.3 is 17.7 Å². The maximum absolute atomic E-state index is 11.9. The molecule has 0 aliphatic carbocycles. The minimum absolute atomic E-state index is 0.00819. The van der Waals surface area contributed by atoms with Gasteiger partial charge in [-0.2, -0.15) is 0 Å². The van der Waals surface area contributed by atoms with Gasteiger partial charge in [0.1, 0.15) is 22.7 Å². The Morgan fingerprint density at radius 2 is 2.00 bits per heavy atom. The predicted octanol–water partition coefficient (Wildman–Crippen LogP) is 4.23. The highest BCUT2D eigenvalue weighted by molar-refractivity contribution is 6.08. The lowest BCUT2D eigenvalue weighted by Crippen LogP contribution is -1.98. The number of carbonyl (C=O) groups is 1. The van der Waals surface area contributed by atoms with E-state index in [2.05, 4.69) is 4.98 Å². The standard InChI is InChI=1S/C19H13N3O6/c1-21-10-20-17(22(25)26)18(21)27-12-7-8-14-13(9-12)15(19(23)24)16(28-14)11-5-3-2-4-6-11/h2-10H,1H3,(H,23,24). The summed E-state index contributed by atoms with van der Waals surface area (Å²) in [5.41, 5.74) is 0.982. The molecule has 28 heavy (non-hydrogen) atoms. The summed E-state index contributed by atoms with van der Waals surface area (Å²) in [6.07, 6.45) is 1.26. The van der Waals surface area contributed by atoms with Gasteiger partial charge in [-0.1, -0.05) is 30.3 Å². The number of imidazole rings is 1. The molecular weight excluding hydrogens is 366 g/mol. The van der Waals surface area contributed by atoms with E-state index < -0.39 is 16.7 Å². The van der Waals surface area contributed by atoms with Crippen LogP contribution >= 0.6 is 0 Å². The molecule has 9 heteroatoms. The Morgan fingerprint density at radius 1 is 1.25 bits per heavy atom. The Balaban J connectivity index is 1.84. The number of hydrogen-bond acceptors (Lipinski definition) is 6. The van der Waals surface area contributed by atoms with E-state index >= 15 is 0 Å². The first-order valence-electron chi connectivity index (χ1n) is 8.14. The summed E-state index contributed by atoms with van der Waals surface area (Å²) < 4.78 is 12.8. The molecule has 0 unspecified atom stereocenters. The Labute approximate surface area is 157 Å². The Morgan fingerprint density at radius 3 is 2.68 bits per heavy atom. The van der Waals surface area contributed by atoms with Crippen molar-refractivity contribution in [3.8, 4) is 23.0 Å². The highest BCUT2D eigenvalue weighted by Crippen LogP contribution is 2.37. The molecule has 0 saturated heterocycles. The number of carboxylic acid groups (broad SMARTS) is 1.